The summed E-state index contributed by atoms with van der Waals surface area (Å²) in [5, 5.41) is 14.1. The van der Waals surface area contributed by atoms with Gasteiger partial charge in [-0.25, -0.2) is 4.68 Å². The van der Waals surface area contributed by atoms with Gasteiger partial charge in [0.05, 0.1) is 11.9 Å². The number of nitrogens with two attached hydrogens (primary N) is 1. The van der Waals surface area contributed by atoms with Crippen LogP contribution in [0.2, 0.25) is 5.15 Å². The van der Waals surface area contributed by atoms with Crippen molar-refractivity contribution in [3.05, 3.63) is 41.2 Å². The van der Waals surface area contributed by atoms with Crippen molar-refractivity contribution < 1.29 is 5.11 Å². The topological polar surface area (TPSA) is 64.1 Å². The van der Waals surface area contributed by atoms with Gasteiger partial charge >= 0.3 is 0 Å². The van der Waals surface area contributed by atoms with Gasteiger partial charge in [0.1, 0.15) is 10.9 Å². The van der Waals surface area contributed by atoms with E-state index in [-0.39, 0.29) is 5.75 Å². The highest BCUT2D eigenvalue weighted by Crippen LogP contribution is 2.22. The molecule has 0 bridgehead atoms. The fraction of sp³-hybridized carbons (Fsp3) is 0.182. The van der Waals surface area contributed by atoms with Crippen molar-refractivity contribution in [3.8, 4) is 11.4 Å². The Hall–Kier alpha value is -1.52. The third-order valence-corrected chi connectivity index (χ3v) is 2.67. The molecule has 84 valence electrons. The van der Waals surface area contributed by atoms with Crippen LogP contribution in [0.25, 0.3) is 5.69 Å². The molecule has 0 spiro atoms. The lowest BCUT2D eigenvalue weighted by Gasteiger charge is -2.03. The Morgan fingerprint density at radius 1 is 1.44 bits per heavy atom. The summed E-state index contributed by atoms with van der Waals surface area (Å²) in [5.74, 6) is 0.185. The third-order valence-electron chi connectivity index (χ3n) is 2.27. The van der Waals surface area contributed by atoms with Crippen molar-refractivity contribution in [2.75, 3.05) is 6.54 Å². The summed E-state index contributed by atoms with van der Waals surface area (Å²) in [7, 11) is 0. The van der Waals surface area contributed by atoms with Crippen LogP contribution in [0, 0.1) is 0 Å². The molecule has 4 nitrogen and oxygen atoms in total. The first kappa shape index (κ1) is 11.0. The minimum atomic E-state index is 0.185. The molecular weight excluding hydrogens is 226 g/mol. The van der Waals surface area contributed by atoms with Crippen molar-refractivity contribution in [2.24, 2.45) is 5.73 Å². The number of aromatic hydroxyl groups is 1. The van der Waals surface area contributed by atoms with Gasteiger partial charge in [0.15, 0.2) is 0 Å². The predicted molar refractivity (Wildman–Crippen MR) is 63.0 cm³/mol. The smallest absolute Gasteiger partial charge is 0.136 e. The van der Waals surface area contributed by atoms with Gasteiger partial charge in [-0.2, -0.15) is 5.10 Å². The fourth-order valence-electron chi connectivity index (χ4n) is 1.50. The predicted octanol–water partition coefficient (Wildman–Crippen LogP) is 1.73. The molecule has 5 heteroatoms. The van der Waals surface area contributed by atoms with E-state index in [1.165, 1.54) is 0 Å². The van der Waals surface area contributed by atoms with Crippen LogP contribution in [0.1, 0.15) is 5.56 Å². The van der Waals surface area contributed by atoms with E-state index >= 15 is 0 Å². The van der Waals surface area contributed by atoms with Gasteiger partial charge in [-0.1, -0.05) is 17.7 Å². The number of halogens is 1. The summed E-state index contributed by atoms with van der Waals surface area (Å²) in [6.45, 7) is 0.533. The van der Waals surface area contributed by atoms with Crippen LogP contribution in [0.3, 0.4) is 0 Å². The SMILES string of the molecule is NCCc1cnn(-c2cccc(O)c2)c1Cl. The molecule has 0 aliphatic heterocycles. The first-order chi connectivity index (χ1) is 7.72. The second kappa shape index (κ2) is 4.55. The third kappa shape index (κ3) is 2.03. The molecule has 0 saturated heterocycles. The molecule has 0 atom stereocenters. The summed E-state index contributed by atoms with van der Waals surface area (Å²) in [4.78, 5) is 0. The van der Waals surface area contributed by atoms with Gasteiger partial charge < -0.3 is 10.8 Å². The lowest BCUT2D eigenvalue weighted by atomic mass is 10.2. The maximum Gasteiger partial charge on any atom is 0.136 e. The molecule has 3 N–H and O–H groups in total. The number of hydrogen-bond acceptors (Lipinski definition) is 3. The molecule has 16 heavy (non-hydrogen) atoms. The first-order valence-corrected chi connectivity index (χ1v) is 5.32. The van der Waals surface area contributed by atoms with Crippen molar-refractivity contribution in [2.45, 2.75) is 6.42 Å². The second-order valence-corrected chi connectivity index (χ2v) is 3.79. The van der Waals surface area contributed by atoms with Crippen molar-refractivity contribution >= 4 is 11.6 Å². The number of benzene rings is 1. The van der Waals surface area contributed by atoms with Gasteiger partial charge in [-0.05, 0) is 25.1 Å². The molecule has 2 rings (SSSR count). The average Bonchev–Trinajstić information content (AvgIpc) is 2.61. The Bertz CT molecular complexity index is 496. The summed E-state index contributed by atoms with van der Waals surface area (Å²) in [6, 6.07) is 6.77. The second-order valence-electron chi connectivity index (χ2n) is 3.43. The van der Waals surface area contributed by atoms with Gasteiger partial charge in [-0.3, -0.25) is 0 Å². The Labute approximate surface area is 98.3 Å². The highest BCUT2D eigenvalue weighted by atomic mass is 35.5. The zero-order chi connectivity index (χ0) is 11.5. The summed E-state index contributed by atoms with van der Waals surface area (Å²) >= 11 is 6.15. The van der Waals surface area contributed by atoms with E-state index in [9.17, 15) is 5.11 Å². The zero-order valence-corrected chi connectivity index (χ0v) is 9.35. The number of rotatable bonds is 3. The molecular formula is C11H12ClN3O. The molecule has 0 unspecified atom stereocenters. The number of phenols is 1. The Morgan fingerprint density at radius 3 is 2.94 bits per heavy atom. The van der Waals surface area contributed by atoms with Gasteiger partial charge in [-0.15, -0.1) is 0 Å². The van der Waals surface area contributed by atoms with Crippen LogP contribution in [-0.4, -0.2) is 21.4 Å². The zero-order valence-electron chi connectivity index (χ0n) is 8.60. The van der Waals surface area contributed by atoms with Crippen LogP contribution >= 0.6 is 11.6 Å². The van der Waals surface area contributed by atoms with Gasteiger partial charge in [0, 0.05) is 11.6 Å². The van der Waals surface area contributed by atoms with E-state index in [2.05, 4.69) is 5.10 Å². The van der Waals surface area contributed by atoms with Gasteiger partial charge in [0.25, 0.3) is 0 Å². The van der Waals surface area contributed by atoms with E-state index in [0.29, 0.717) is 18.1 Å². The maximum absolute atomic E-state index is 9.37. The van der Waals surface area contributed by atoms with Crippen LogP contribution in [0.4, 0.5) is 0 Å². The highest BCUT2D eigenvalue weighted by Gasteiger charge is 2.09. The highest BCUT2D eigenvalue weighted by molar-refractivity contribution is 6.30. The van der Waals surface area contributed by atoms with Crippen LogP contribution < -0.4 is 5.73 Å². The lowest BCUT2D eigenvalue weighted by molar-refractivity contribution is 0.475. The Morgan fingerprint density at radius 2 is 2.25 bits per heavy atom. The lowest BCUT2D eigenvalue weighted by Crippen LogP contribution is -2.02. The minimum absolute atomic E-state index is 0.185. The number of hydrogen-bond donors (Lipinski definition) is 2. The monoisotopic (exact) mass is 237 g/mol. The number of phenolic OH excluding ortho intramolecular Hbond substituents is 1. The molecule has 0 amide bonds. The molecule has 1 aromatic carbocycles. The maximum atomic E-state index is 9.37. The van der Waals surface area contributed by atoms with E-state index in [0.717, 1.165) is 11.3 Å². The summed E-state index contributed by atoms with van der Waals surface area (Å²) in [6.07, 6.45) is 2.39. The minimum Gasteiger partial charge on any atom is -0.508 e. The van der Waals surface area contributed by atoms with E-state index in [1.54, 1.807) is 29.1 Å². The summed E-state index contributed by atoms with van der Waals surface area (Å²) in [5.41, 5.74) is 7.11. The Balaban J connectivity index is 2.41. The van der Waals surface area contributed by atoms with Gasteiger partial charge in [0.2, 0.25) is 0 Å². The largest absolute Gasteiger partial charge is 0.508 e. The molecule has 2 aromatic rings. The normalized spacial score (nSPS) is 10.6. The Kier molecular flexibility index (Phi) is 3.12. The molecule has 1 aromatic heterocycles. The van der Waals surface area contributed by atoms with Crippen molar-refractivity contribution in [1.29, 1.82) is 0 Å². The number of aromatic nitrogens is 2. The summed E-state index contributed by atoms with van der Waals surface area (Å²) < 4.78 is 1.58. The molecule has 0 aliphatic rings. The van der Waals surface area contributed by atoms with E-state index in [4.69, 9.17) is 17.3 Å². The van der Waals surface area contributed by atoms with E-state index in [1.807, 2.05) is 6.07 Å². The van der Waals surface area contributed by atoms with Crippen LogP contribution in [0.5, 0.6) is 5.75 Å². The molecule has 0 radical (unpaired) electrons. The molecule has 1 heterocycles. The molecule has 0 aliphatic carbocycles. The number of nitrogens with zero attached hydrogens (tertiary/aromatic N) is 2. The van der Waals surface area contributed by atoms with Crippen LogP contribution in [-0.2, 0) is 6.42 Å². The standard InChI is InChI=1S/C11H12ClN3O/c12-11-8(4-5-13)7-14-15(11)9-2-1-3-10(16)6-9/h1-3,6-7,16H,4-5,13H2. The van der Waals surface area contributed by atoms with E-state index < -0.39 is 0 Å². The van der Waals surface area contributed by atoms with Crippen LogP contribution in [0.15, 0.2) is 30.5 Å². The molecule has 0 saturated carbocycles. The average molecular weight is 238 g/mol. The molecule has 0 fully saturated rings. The quantitative estimate of drug-likeness (QED) is 0.855. The van der Waals surface area contributed by atoms with Crippen molar-refractivity contribution in [1.82, 2.24) is 9.78 Å². The first-order valence-electron chi connectivity index (χ1n) is 4.94. The fourth-order valence-corrected chi connectivity index (χ4v) is 1.78. The van der Waals surface area contributed by atoms with Crippen molar-refractivity contribution in [3.63, 3.8) is 0 Å².